The Morgan fingerprint density at radius 1 is 1.18 bits per heavy atom. The van der Waals surface area contributed by atoms with Crippen LogP contribution in [0.3, 0.4) is 0 Å². The van der Waals surface area contributed by atoms with Gasteiger partial charge >= 0.3 is 0 Å². The molecule has 1 saturated heterocycles. The minimum Gasteiger partial charge on any atom is -0.378 e. The standard InChI is InChI=1S/C20H30N6O2/c1-4-17-16(18(5-2)28-25-17)14-24-20(21-3)23-13-15-7-6-8-22-19(15)26-9-11-27-12-10-26/h6-8H,4-5,9-14H2,1-3H3,(H2,21,23,24). The molecule has 2 aromatic heterocycles. The van der Waals surface area contributed by atoms with Crippen molar-refractivity contribution in [3.63, 3.8) is 0 Å². The van der Waals surface area contributed by atoms with Gasteiger partial charge in [0.25, 0.3) is 0 Å². The maximum Gasteiger partial charge on any atom is 0.191 e. The van der Waals surface area contributed by atoms with Crippen molar-refractivity contribution in [2.75, 3.05) is 38.3 Å². The zero-order valence-electron chi connectivity index (χ0n) is 17.0. The highest BCUT2D eigenvalue weighted by Crippen LogP contribution is 2.18. The van der Waals surface area contributed by atoms with Crippen molar-refractivity contribution in [3.05, 3.63) is 40.9 Å². The minimum atomic E-state index is 0.638. The molecule has 8 heteroatoms. The van der Waals surface area contributed by atoms with Crippen LogP contribution in [0.5, 0.6) is 0 Å². The second-order valence-corrected chi connectivity index (χ2v) is 6.60. The van der Waals surface area contributed by atoms with Gasteiger partial charge in [0.2, 0.25) is 0 Å². The van der Waals surface area contributed by atoms with Crippen LogP contribution >= 0.6 is 0 Å². The third kappa shape index (κ3) is 4.81. The average Bonchev–Trinajstić information content (AvgIpc) is 3.16. The lowest BCUT2D eigenvalue weighted by atomic mass is 10.1. The summed E-state index contributed by atoms with van der Waals surface area (Å²) in [5.41, 5.74) is 3.27. The molecular formula is C20H30N6O2. The van der Waals surface area contributed by atoms with Crippen molar-refractivity contribution in [1.82, 2.24) is 20.8 Å². The predicted octanol–water partition coefficient (Wildman–Crippen LogP) is 1.90. The minimum absolute atomic E-state index is 0.638. The Morgan fingerprint density at radius 2 is 1.96 bits per heavy atom. The van der Waals surface area contributed by atoms with Crippen molar-refractivity contribution < 1.29 is 9.26 Å². The van der Waals surface area contributed by atoms with Crippen LogP contribution in [0.4, 0.5) is 5.82 Å². The van der Waals surface area contributed by atoms with Gasteiger partial charge in [0.05, 0.1) is 18.9 Å². The molecule has 0 saturated carbocycles. The quantitative estimate of drug-likeness (QED) is 0.555. The first-order valence-corrected chi connectivity index (χ1v) is 9.94. The van der Waals surface area contributed by atoms with E-state index in [1.807, 2.05) is 12.3 Å². The Balaban J connectivity index is 1.61. The van der Waals surface area contributed by atoms with Gasteiger partial charge in [-0.1, -0.05) is 25.1 Å². The summed E-state index contributed by atoms with van der Waals surface area (Å²) in [5, 5.41) is 10.9. The van der Waals surface area contributed by atoms with Gasteiger partial charge in [-0.05, 0) is 12.5 Å². The van der Waals surface area contributed by atoms with E-state index < -0.39 is 0 Å². The first kappa shape index (κ1) is 20.1. The van der Waals surface area contributed by atoms with E-state index in [2.05, 4.69) is 50.6 Å². The highest BCUT2D eigenvalue weighted by Gasteiger charge is 2.17. The summed E-state index contributed by atoms with van der Waals surface area (Å²) in [5.74, 6) is 2.68. The Morgan fingerprint density at radius 3 is 2.68 bits per heavy atom. The molecule has 152 valence electrons. The molecule has 0 atom stereocenters. The molecular weight excluding hydrogens is 356 g/mol. The van der Waals surface area contributed by atoms with E-state index in [1.165, 1.54) is 0 Å². The van der Waals surface area contributed by atoms with Crippen LogP contribution in [0.1, 0.15) is 36.4 Å². The number of anilines is 1. The van der Waals surface area contributed by atoms with E-state index in [0.29, 0.717) is 13.1 Å². The van der Waals surface area contributed by atoms with E-state index in [9.17, 15) is 0 Å². The third-order valence-corrected chi connectivity index (χ3v) is 4.89. The zero-order chi connectivity index (χ0) is 19.8. The molecule has 1 aliphatic heterocycles. The lowest BCUT2D eigenvalue weighted by molar-refractivity contribution is 0.122. The van der Waals surface area contributed by atoms with Crippen LogP contribution in [-0.4, -0.2) is 49.5 Å². The Bertz CT molecular complexity index is 761. The van der Waals surface area contributed by atoms with Crippen molar-refractivity contribution in [3.8, 4) is 0 Å². The lowest BCUT2D eigenvalue weighted by Crippen LogP contribution is -2.39. The number of aromatic nitrogens is 2. The molecule has 0 unspecified atom stereocenters. The fourth-order valence-electron chi connectivity index (χ4n) is 3.34. The highest BCUT2D eigenvalue weighted by molar-refractivity contribution is 5.79. The number of ether oxygens (including phenoxy) is 1. The van der Waals surface area contributed by atoms with Crippen LogP contribution in [0.2, 0.25) is 0 Å². The third-order valence-electron chi connectivity index (χ3n) is 4.89. The molecule has 3 rings (SSSR count). The van der Waals surface area contributed by atoms with E-state index in [1.54, 1.807) is 7.05 Å². The van der Waals surface area contributed by atoms with Gasteiger partial charge in [0.15, 0.2) is 5.96 Å². The van der Waals surface area contributed by atoms with Crippen molar-refractivity contribution in [2.45, 2.75) is 39.8 Å². The molecule has 0 spiro atoms. The van der Waals surface area contributed by atoms with E-state index in [-0.39, 0.29) is 0 Å². The summed E-state index contributed by atoms with van der Waals surface area (Å²) < 4.78 is 10.9. The number of hydrogen-bond donors (Lipinski definition) is 2. The van der Waals surface area contributed by atoms with Crippen molar-refractivity contribution in [1.29, 1.82) is 0 Å². The summed E-state index contributed by atoms with van der Waals surface area (Å²) in [4.78, 5) is 11.2. The van der Waals surface area contributed by atoms with Gasteiger partial charge in [-0.25, -0.2) is 4.98 Å². The summed E-state index contributed by atoms with van der Waals surface area (Å²) in [6.07, 6.45) is 3.52. The SMILES string of the molecule is CCc1noc(CC)c1CNC(=NC)NCc1cccnc1N1CCOCC1. The topological polar surface area (TPSA) is 87.8 Å². The van der Waals surface area contributed by atoms with Crippen molar-refractivity contribution >= 4 is 11.8 Å². The number of aliphatic imine (C=N–C) groups is 1. The molecule has 28 heavy (non-hydrogen) atoms. The molecule has 2 N–H and O–H groups in total. The summed E-state index contributed by atoms with van der Waals surface area (Å²) in [6, 6.07) is 4.07. The zero-order valence-corrected chi connectivity index (χ0v) is 17.0. The lowest BCUT2D eigenvalue weighted by Gasteiger charge is -2.29. The van der Waals surface area contributed by atoms with Gasteiger partial charge in [-0.2, -0.15) is 0 Å². The average molecular weight is 387 g/mol. The highest BCUT2D eigenvalue weighted by atomic mass is 16.5. The molecule has 8 nitrogen and oxygen atoms in total. The number of rotatable bonds is 7. The molecule has 0 bridgehead atoms. The Hall–Kier alpha value is -2.61. The van der Waals surface area contributed by atoms with Gasteiger partial charge in [-0.15, -0.1) is 0 Å². The van der Waals surface area contributed by atoms with E-state index >= 15 is 0 Å². The largest absolute Gasteiger partial charge is 0.378 e. The number of hydrogen-bond acceptors (Lipinski definition) is 6. The molecule has 0 amide bonds. The van der Waals surface area contributed by atoms with Gasteiger partial charge < -0.3 is 24.8 Å². The summed E-state index contributed by atoms with van der Waals surface area (Å²) in [6.45, 7) is 8.66. The second kappa shape index (κ2) is 10.1. The number of nitrogens with zero attached hydrogens (tertiary/aromatic N) is 4. The predicted molar refractivity (Wildman–Crippen MR) is 110 cm³/mol. The van der Waals surface area contributed by atoms with Gasteiger partial charge in [-0.3, -0.25) is 4.99 Å². The van der Waals surface area contributed by atoms with Gasteiger partial charge in [0, 0.05) is 57.0 Å². The maximum atomic E-state index is 5.45. The molecule has 1 aliphatic rings. The molecule has 0 aliphatic carbocycles. The Labute approximate surface area is 166 Å². The molecule has 2 aromatic rings. The first-order chi connectivity index (χ1) is 13.8. The molecule has 1 fully saturated rings. The maximum absolute atomic E-state index is 5.45. The normalized spacial score (nSPS) is 15.0. The van der Waals surface area contributed by atoms with Crippen LogP contribution in [-0.2, 0) is 30.7 Å². The van der Waals surface area contributed by atoms with Crippen LogP contribution < -0.4 is 15.5 Å². The van der Waals surface area contributed by atoms with Crippen LogP contribution in [0, 0.1) is 0 Å². The van der Waals surface area contributed by atoms with Crippen LogP contribution in [0.25, 0.3) is 0 Å². The first-order valence-electron chi connectivity index (χ1n) is 9.94. The fraction of sp³-hybridized carbons (Fsp3) is 0.550. The number of guanidine groups is 1. The van der Waals surface area contributed by atoms with Crippen LogP contribution in [0.15, 0.2) is 27.8 Å². The smallest absolute Gasteiger partial charge is 0.191 e. The molecule has 0 radical (unpaired) electrons. The number of aryl methyl sites for hydroxylation is 2. The van der Waals surface area contributed by atoms with Gasteiger partial charge in [0.1, 0.15) is 11.6 Å². The monoisotopic (exact) mass is 386 g/mol. The molecule has 0 aromatic carbocycles. The van der Waals surface area contributed by atoms with E-state index in [4.69, 9.17) is 9.26 Å². The Kier molecular flexibility index (Phi) is 7.25. The summed E-state index contributed by atoms with van der Waals surface area (Å²) >= 11 is 0. The number of morpholine rings is 1. The van der Waals surface area contributed by atoms with E-state index in [0.717, 1.165) is 73.5 Å². The second-order valence-electron chi connectivity index (χ2n) is 6.60. The molecule has 3 heterocycles. The fourth-order valence-corrected chi connectivity index (χ4v) is 3.34. The van der Waals surface area contributed by atoms with Crippen molar-refractivity contribution in [2.24, 2.45) is 4.99 Å². The number of pyridine rings is 1. The summed E-state index contributed by atoms with van der Waals surface area (Å²) in [7, 11) is 1.77. The number of nitrogens with one attached hydrogen (secondary N) is 2.